The zero-order valence-corrected chi connectivity index (χ0v) is 17.7. The molecule has 0 spiro atoms. The van der Waals surface area contributed by atoms with E-state index >= 15 is 0 Å². The monoisotopic (exact) mass is 364 g/mol. The van der Waals surface area contributed by atoms with E-state index in [4.69, 9.17) is 0 Å². The zero-order chi connectivity index (χ0) is 19.3. The van der Waals surface area contributed by atoms with Crippen LogP contribution < -0.4 is 0 Å². The average Bonchev–Trinajstić information content (AvgIpc) is 2.52. The summed E-state index contributed by atoms with van der Waals surface area (Å²) in [5.74, 6) is 0.148. The van der Waals surface area contributed by atoms with Crippen LogP contribution in [0.25, 0.3) is 12.2 Å². The fraction of sp³-hybridized carbons (Fsp3) is 0.333. The van der Waals surface area contributed by atoms with Gasteiger partial charge in [-0.25, -0.2) is 0 Å². The van der Waals surface area contributed by atoms with E-state index in [0.717, 1.165) is 0 Å². The summed E-state index contributed by atoms with van der Waals surface area (Å²) in [6.45, 7) is 12.8. The van der Waals surface area contributed by atoms with Gasteiger partial charge in [0, 0.05) is 12.1 Å². The van der Waals surface area contributed by atoms with Crippen LogP contribution in [0.4, 0.5) is 0 Å². The number of rotatable bonds is 6. The van der Waals surface area contributed by atoms with E-state index in [1.54, 1.807) is 0 Å². The zero-order valence-electron chi connectivity index (χ0n) is 16.8. The summed E-state index contributed by atoms with van der Waals surface area (Å²) in [7, 11) is 0.177. The second-order valence-electron chi connectivity index (χ2n) is 7.32. The summed E-state index contributed by atoms with van der Waals surface area (Å²) < 4.78 is 11.2. The Morgan fingerprint density at radius 1 is 0.731 bits per heavy atom. The standard InChI is InChI=1S/C24H29OP/c1-16-11-18(3)23(19(4)12-16)9-7-22(15-26-25)8-10-24-20(5)13-17(2)14-21(24)6/h7-14,22H,15H2,1-6H3. The van der Waals surface area contributed by atoms with Gasteiger partial charge in [0.2, 0.25) is 0 Å². The van der Waals surface area contributed by atoms with Crippen LogP contribution in [0.5, 0.6) is 0 Å². The lowest BCUT2D eigenvalue weighted by Crippen LogP contribution is -1.95. The Morgan fingerprint density at radius 2 is 1.08 bits per heavy atom. The van der Waals surface area contributed by atoms with Gasteiger partial charge in [0.05, 0.1) is 0 Å². The van der Waals surface area contributed by atoms with Crippen LogP contribution in [0.3, 0.4) is 0 Å². The number of hydrogen-bond acceptors (Lipinski definition) is 1. The number of hydrogen-bond donors (Lipinski definition) is 0. The topological polar surface area (TPSA) is 17.1 Å². The molecule has 0 N–H and O–H groups in total. The van der Waals surface area contributed by atoms with Gasteiger partial charge in [-0.2, -0.15) is 0 Å². The van der Waals surface area contributed by atoms with Crippen molar-refractivity contribution in [1.29, 1.82) is 0 Å². The number of allylic oxidation sites excluding steroid dienone is 2. The molecule has 0 heterocycles. The lowest BCUT2D eigenvalue weighted by Gasteiger charge is -2.10. The highest BCUT2D eigenvalue weighted by Crippen LogP contribution is 2.22. The Kier molecular flexibility index (Phi) is 7.12. The Hall–Kier alpha value is -1.98. The SMILES string of the molecule is Cc1cc(C)c(C=CC(C=Cc2c(C)cc(C)cc2C)CP=O)c(C)c1. The summed E-state index contributed by atoms with van der Waals surface area (Å²) >= 11 is 0. The van der Waals surface area contributed by atoms with E-state index in [9.17, 15) is 4.57 Å². The molecule has 0 saturated heterocycles. The molecule has 26 heavy (non-hydrogen) atoms. The van der Waals surface area contributed by atoms with Crippen LogP contribution in [0.1, 0.15) is 44.5 Å². The van der Waals surface area contributed by atoms with Crippen LogP contribution in [0.15, 0.2) is 36.4 Å². The van der Waals surface area contributed by atoms with Gasteiger partial charge < -0.3 is 0 Å². The van der Waals surface area contributed by atoms with E-state index in [2.05, 4.69) is 90.1 Å². The highest BCUT2D eigenvalue weighted by molar-refractivity contribution is 7.23. The summed E-state index contributed by atoms with van der Waals surface area (Å²) in [6.07, 6.45) is 9.30. The van der Waals surface area contributed by atoms with Crippen molar-refractivity contribution in [1.82, 2.24) is 0 Å². The molecule has 1 nitrogen and oxygen atoms in total. The second-order valence-corrected chi connectivity index (χ2v) is 7.94. The van der Waals surface area contributed by atoms with Gasteiger partial charge in [-0.3, -0.25) is 4.57 Å². The van der Waals surface area contributed by atoms with Crippen molar-refractivity contribution in [2.24, 2.45) is 5.92 Å². The van der Waals surface area contributed by atoms with Gasteiger partial charge in [0.15, 0.2) is 8.46 Å². The van der Waals surface area contributed by atoms with Gasteiger partial charge in [0.1, 0.15) is 0 Å². The molecule has 0 bridgehead atoms. The molecular formula is C24H29OP. The fourth-order valence-electron chi connectivity index (χ4n) is 3.62. The molecule has 2 heteroatoms. The summed E-state index contributed by atoms with van der Waals surface area (Å²) in [4.78, 5) is 0. The number of aryl methyl sites for hydroxylation is 6. The highest BCUT2D eigenvalue weighted by Gasteiger charge is 2.05. The molecule has 136 valence electrons. The molecule has 0 aliphatic rings. The first-order chi connectivity index (χ1) is 12.3. The maximum Gasteiger partial charge on any atom is 0.156 e. The van der Waals surface area contributed by atoms with Crippen molar-refractivity contribution in [3.8, 4) is 0 Å². The Morgan fingerprint density at radius 3 is 1.38 bits per heavy atom. The molecule has 0 aromatic heterocycles. The lowest BCUT2D eigenvalue weighted by atomic mass is 9.96. The minimum atomic E-state index is 0.148. The molecule has 0 unspecified atom stereocenters. The normalized spacial score (nSPS) is 13.2. The van der Waals surface area contributed by atoms with Crippen molar-refractivity contribution < 1.29 is 4.57 Å². The van der Waals surface area contributed by atoms with Gasteiger partial charge in [-0.05, 0) is 74.9 Å². The fourth-order valence-corrected chi connectivity index (χ4v) is 4.04. The molecule has 0 radical (unpaired) electrons. The van der Waals surface area contributed by atoms with E-state index in [1.807, 2.05) is 0 Å². The van der Waals surface area contributed by atoms with Gasteiger partial charge in [0.25, 0.3) is 0 Å². The highest BCUT2D eigenvalue weighted by atomic mass is 31.1. The van der Waals surface area contributed by atoms with Crippen LogP contribution >= 0.6 is 8.46 Å². The van der Waals surface area contributed by atoms with E-state index in [0.29, 0.717) is 6.16 Å². The van der Waals surface area contributed by atoms with Crippen LogP contribution in [0, 0.1) is 47.5 Å². The molecule has 2 aromatic carbocycles. The molecule has 0 aliphatic heterocycles. The molecule has 0 atom stereocenters. The lowest BCUT2D eigenvalue weighted by molar-refractivity contribution is 0.596. The molecule has 2 aromatic rings. The maximum absolute atomic E-state index is 11.2. The molecule has 0 aliphatic carbocycles. The van der Waals surface area contributed by atoms with Crippen molar-refractivity contribution in [3.63, 3.8) is 0 Å². The van der Waals surface area contributed by atoms with Gasteiger partial charge >= 0.3 is 0 Å². The molecule has 0 amide bonds. The Balaban J connectivity index is 2.29. The quantitative estimate of drug-likeness (QED) is 0.496. The van der Waals surface area contributed by atoms with Crippen LogP contribution in [0.2, 0.25) is 0 Å². The minimum absolute atomic E-state index is 0.148. The van der Waals surface area contributed by atoms with E-state index < -0.39 is 0 Å². The maximum atomic E-state index is 11.2. The number of benzene rings is 2. The van der Waals surface area contributed by atoms with Gasteiger partial charge in [-0.15, -0.1) is 0 Å². The van der Waals surface area contributed by atoms with Crippen molar-refractivity contribution in [2.45, 2.75) is 41.5 Å². The average molecular weight is 364 g/mol. The van der Waals surface area contributed by atoms with Crippen LogP contribution in [-0.2, 0) is 4.57 Å². The van der Waals surface area contributed by atoms with E-state index in [-0.39, 0.29) is 14.4 Å². The van der Waals surface area contributed by atoms with E-state index in [1.165, 1.54) is 44.5 Å². The summed E-state index contributed by atoms with van der Waals surface area (Å²) in [6, 6.07) is 8.84. The first kappa shape index (κ1) is 20.3. The molecule has 0 fully saturated rings. The second kappa shape index (κ2) is 9.10. The van der Waals surface area contributed by atoms with Crippen molar-refractivity contribution in [3.05, 3.63) is 80.9 Å². The Bertz CT molecular complexity index is 745. The molecular weight excluding hydrogens is 335 g/mol. The summed E-state index contributed by atoms with van der Waals surface area (Å²) in [5.41, 5.74) is 10.2. The molecule has 0 saturated carbocycles. The minimum Gasteiger partial charge on any atom is -0.275 e. The third kappa shape index (κ3) is 5.26. The first-order valence-corrected chi connectivity index (χ1v) is 10.1. The van der Waals surface area contributed by atoms with Crippen molar-refractivity contribution >= 4 is 20.6 Å². The third-order valence-corrected chi connectivity index (χ3v) is 5.35. The smallest absolute Gasteiger partial charge is 0.156 e. The van der Waals surface area contributed by atoms with Crippen molar-refractivity contribution in [2.75, 3.05) is 6.16 Å². The molecule has 2 rings (SSSR count). The third-order valence-electron chi connectivity index (χ3n) is 4.78. The first-order valence-electron chi connectivity index (χ1n) is 9.13. The largest absolute Gasteiger partial charge is 0.275 e. The van der Waals surface area contributed by atoms with Gasteiger partial charge in [-0.1, -0.05) is 59.7 Å². The Labute approximate surface area is 160 Å². The predicted octanol–water partition coefficient (Wildman–Crippen LogP) is 7.17. The summed E-state index contributed by atoms with van der Waals surface area (Å²) in [5, 5.41) is 0. The predicted molar refractivity (Wildman–Crippen MR) is 115 cm³/mol. The van der Waals surface area contributed by atoms with Crippen LogP contribution in [-0.4, -0.2) is 6.16 Å².